The molecule has 0 amide bonds. The molecule has 0 atom stereocenters. The third-order valence-corrected chi connectivity index (χ3v) is 2.30. The van der Waals surface area contributed by atoms with Crippen LogP contribution in [0.25, 0.3) is 10.9 Å². The van der Waals surface area contributed by atoms with Crippen LogP contribution in [0.2, 0.25) is 0 Å². The lowest BCUT2D eigenvalue weighted by molar-refractivity contribution is 0.779. The van der Waals surface area contributed by atoms with Crippen molar-refractivity contribution in [3.8, 4) is 0 Å². The number of aromatic nitrogens is 2. The summed E-state index contributed by atoms with van der Waals surface area (Å²) in [6.45, 7) is 0. The molecule has 3 heteroatoms. The van der Waals surface area contributed by atoms with Gasteiger partial charge in [-0.3, -0.25) is 4.68 Å². The van der Waals surface area contributed by atoms with E-state index in [9.17, 15) is 0 Å². The highest BCUT2D eigenvalue weighted by Gasteiger charge is 1.99. The lowest BCUT2D eigenvalue weighted by Crippen LogP contribution is -1.84. The fourth-order valence-corrected chi connectivity index (χ4v) is 1.58. The molecule has 0 aliphatic carbocycles. The van der Waals surface area contributed by atoms with E-state index in [1.165, 1.54) is 0 Å². The minimum Gasteiger partial charge on any atom is -0.275 e. The first-order valence-corrected chi connectivity index (χ1v) is 4.14. The molecule has 0 aliphatic heterocycles. The van der Waals surface area contributed by atoms with E-state index in [-0.39, 0.29) is 0 Å². The topological polar surface area (TPSA) is 17.8 Å². The van der Waals surface area contributed by atoms with Crippen LogP contribution in [0, 0.1) is 0 Å². The van der Waals surface area contributed by atoms with Gasteiger partial charge in [0.1, 0.15) is 0 Å². The maximum Gasteiger partial charge on any atom is 0.0934 e. The average Bonchev–Trinajstić information content (AvgIpc) is 2.31. The van der Waals surface area contributed by atoms with Gasteiger partial charge in [0.25, 0.3) is 0 Å². The number of nitrogens with zero attached hydrogens (tertiary/aromatic N) is 2. The molecule has 2 aromatic rings. The molecule has 0 bridgehead atoms. The van der Waals surface area contributed by atoms with Crippen molar-refractivity contribution in [2.45, 2.75) is 0 Å². The summed E-state index contributed by atoms with van der Waals surface area (Å²) in [5, 5.41) is 5.42. The third-order valence-electron chi connectivity index (χ3n) is 1.61. The van der Waals surface area contributed by atoms with Crippen LogP contribution in [-0.4, -0.2) is 9.78 Å². The fraction of sp³-hybridized carbons (Fsp3) is 0.125. The molecule has 0 fully saturated rings. The van der Waals surface area contributed by atoms with E-state index in [2.05, 4.69) is 21.0 Å². The largest absolute Gasteiger partial charge is 0.275 e. The Kier molecular flexibility index (Phi) is 1.46. The average molecular weight is 211 g/mol. The second-order valence-corrected chi connectivity index (χ2v) is 3.33. The fourth-order valence-electron chi connectivity index (χ4n) is 1.13. The monoisotopic (exact) mass is 210 g/mol. The first-order chi connectivity index (χ1) is 5.27. The van der Waals surface area contributed by atoms with Crippen molar-refractivity contribution >= 4 is 26.8 Å². The molecule has 1 aromatic heterocycles. The van der Waals surface area contributed by atoms with Gasteiger partial charge in [0, 0.05) is 23.1 Å². The summed E-state index contributed by atoms with van der Waals surface area (Å²) in [5.41, 5.74) is 1.03. The van der Waals surface area contributed by atoms with Crippen molar-refractivity contribution in [2.75, 3.05) is 0 Å². The lowest BCUT2D eigenvalue weighted by atomic mass is 10.3. The zero-order valence-corrected chi connectivity index (χ0v) is 7.67. The maximum absolute atomic E-state index is 4.26. The molecule has 0 saturated heterocycles. The van der Waals surface area contributed by atoms with E-state index in [4.69, 9.17) is 0 Å². The summed E-state index contributed by atoms with van der Waals surface area (Å²) in [7, 11) is 1.92. The van der Waals surface area contributed by atoms with Gasteiger partial charge in [-0.25, -0.2) is 0 Å². The zero-order chi connectivity index (χ0) is 7.84. The highest BCUT2D eigenvalue weighted by Crippen LogP contribution is 2.21. The molecule has 0 aliphatic rings. The molecule has 0 spiro atoms. The van der Waals surface area contributed by atoms with E-state index < -0.39 is 0 Å². The van der Waals surface area contributed by atoms with Crippen LogP contribution in [0.5, 0.6) is 0 Å². The predicted octanol–water partition coefficient (Wildman–Crippen LogP) is 2.34. The van der Waals surface area contributed by atoms with Crippen LogP contribution in [0.15, 0.2) is 28.9 Å². The summed E-state index contributed by atoms with van der Waals surface area (Å²) < 4.78 is 2.92. The molecule has 2 rings (SSSR count). The minimum atomic E-state index is 1.03. The smallest absolute Gasteiger partial charge is 0.0934 e. The van der Waals surface area contributed by atoms with Crippen molar-refractivity contribution in [1.29, 1.82) is 0 Å². The summed E-state index contributed by atoms with van der Waals surface area (Å²) in [6, 6.07) is 6.00. The summed E-state index contributed by atoms with van der Waals surface area (Å²) in [6.07, 6.45) is 2.00. The molecule has 0 saturated carbocycles. The third kappa shape index (κ3) is 1.05. The maximum atomic E-state index is 4.26. The Morgan fingerprint density at radius 2 is 2.27 bits per heavy atom. The number of aryl methyl sites for hydroxylation is 1. The molecule has 0 unspecified atom stereocenters. The van der Waals surface area contributed by atoms with Crippen molar-refractivity contribution in [1.82, 2.24) is 9.78 Å². The molecule has 11 heavy (non-hydrogen) atoms. The van der Waals surface area contributed by atoms with E-state index in [1.54, 1.807) is 0 Å². The first-order valence-electron chi connectivity index (χ1n) is 3.35. The van der Waals surface area contributed by atoms with E-state index >= 15 is 0 Å². The number of rotatable bonds is 0. The summed E-state index contributed by atoms with van der Waals surface area (Å²) >= 11 is 3.46. The first kappa shape index (κ1) is 6.85. The Morgan fingerprint density at radius 1 is 1.45 bits per heavy atom. The van der Waals surface area contributed by atoms with Crippen LogP contribution in [-0.2, 0) is 7.05 Å². The lowest BCUT2D eigenvalue weighted by Gasteiger charge is -1.88. The SMILES string of the molecule is Cn1cc2c(Br)cccc2n1. The second-order valence-electron chi connectivity index (χ2n) is 2.48. The highest BCUT2D eigenvalue weighted by molar-refractivity contribution is 9.10. The molecular weight excluding hydrogens is 204 g/mol. The van der Waals surface area contributed by atoms with Crippen LogP contribution in [0.1, 0.15) is 0 Å². The van der Waals surface area contributed by atoms with Crippen LogP contribution in [0.4, 0.5) is 0 Å². The molecule has 56 valence electrons. The molecule has 1 heterocycles. The normalized spacial score (nSPS) is 10.7. The number of hydrogen-bond acceptors (Lipinski definition) is 1. The molecular formula is C8H7BrN2. The molecule has 1 aromatic carbocycles. The van der Waals surface area contributed by atoms with Gasteiger partial charge in [0.05, 0.1) is 5.52 Å². The molecule has 0 N–H and O–H groups in total. The van der Waals surface area contributed by atoms with Crippen LogP contribution < -0.4 is 0 Å². The van der Waals surface area contributed by atoms with E-state index in [0.717, 1.165) is 15.4 Å². The Morgan fingerprint density at radius 3 is 3.00 bits per heavy atom. The minimum absolute atomic E-state index is 1.03. The van der Waals surface area contributed by atoms with Gasteiger partial charge in [-0.1, -0.05) is 22.0 Å². The van der Waals surface area contributed by atoms with Gasteiger partial charge in [0.2, 0.25) is 0 Å². The van der Waals surface area contributed by atoms with Crippen molar-refractivity contribution in [2.24, 2.45) is 7.05 Å². The van der Waals surface area contributed by atoms with Gasteiger partial charge in [0.15, 0.2) is 0 Å². The van der Waals surface area contributed by atoms with Crippen molar-refractivity contribution < 1.29 is 0 Å². The number of benzene rings is 1. The summed E-state index contributed by atoms with van der Waals surface area (Å²) in [5.74, 6) is 0. The predicted molar refractivity (Wildman–Crippen MR) is 48.4 cm³/mol. The molecule has 2 nitrogen and oxygen atoms in total. The van der Waals surface area contributed by atoms with Gasteiger partial charge in [-0.2, -0.15) is 5.10 Å². The number of halogens is 1. The second kappa shape index (κ2) is 2.34. The van der Waals surface area contributed by atoms with Crippen molar-refractivity contribution in [3.05, 3.63) is 28.9 Å². The summed E-state index contributed by atoms with van der Waals surface area (Å²) in [4.78, 5) is 0. The Balaban J connectivity index is 2.90. The van der Waals surface area contributed by atoms with Crippen LogP contribution in [0.3, 0.4) is 0 Å². The Labute approximate surface area is 73.0 Å². The zero-order valence-electron chi connectivity index (χ0n) is 6.08. The van der Waals surface area contributed by atoms with Crippen LogP contribution >= 0.6 is 15.9 Å². The van der Waals surface area contributed by atoms with Gasteiger partial charge >= 0.3 is 0 Å². The number of hydrogen-bond donors (Lipinski definition) is 0. The Bertz CT molecular complexity index is 392. The van der Waals surface area contributed by atoms with E-state index in [1.807, 2.05) is 36.1 Å². The van der Waals surface area contributed by atoms with E-state index in [0.29, 0.717) is 0 Å². The van der Waals surface area contributed by atoms with Gasteiger partial charge < -0.3 is 0 Å². The van der Waals surface area contributed by atoms with Gasteiger partial charge in [-0.05, 0) is 12.1 Å². The molecule has 0 radical (unpaired) electrons. The highest BCUT2D eigenvalue weighted by atomic mass is 79.9. The quantitative estimate of drug-likeness (QED) is 0.653. The van der Waals surface area contributed by atoms with Gasteiger partial charge in [-0.15, -0.1) is 0 Å². The van der Waals surface area contributed by atoms with Crippen molar-refractivity contribution in [3.63, 3.8) is 0 Å². The standard InChI is InChI=1S/C8H7BrN2/c1-11-5-6-7(9)3-2-4-8(6)10-11/h2-5H,1H3. The Hall–Kier alpha value is -0.830. The number of fused-ring (bicyclic) bond motifs is 1.